The predicted octanol–water partition coefficient (Wildman–Crippen LogP) is 2.04. The summed E-state index contributed by atoms with van der Waals surface area (Å²) in [7, 11) is -2.94. The van der Waals surface area contributed by atoms with Gasteiger partial charge in [-0.25, -0.2) is 8.42 Å². The van der Waals surface area contributed by atoms with E-state index in [2.05, 4.69) is 15.5 Å². The standard InChI is InChI=1S/C17H18N4O4S2/c1-11(16(22)19-14-4-2-12(9-18)3-5-14)26-17-21-20-15(25-17)8-13-6-7-27(23,24)10-13/h2-5,11,13H,6-8,10H2,1H3,(H,19,22)/t11-,13-/m0/s1. The molecule has 0 radical (unpaired) electrons. The quantitative estimate of drug-likeness (QED) is 0.722. The van der Waals surface area contributed by atoms with Crippen LogP contribution in [0, 0.1) is 17.2 Å². The molecule has 1 aliphatic heterocycles. The zero-order valence-electron chi connectivity index (χ0n) is 14.6. The van der Waals surface area contributed by atoms with Crippen molar-refractivity contribution in [2.45, 2.75) is 30.2 Å². The molecule has 1 aliphatic rings. The van der Waals surface area contributed by atoms with Crippen molar-refractivity contribution < 1.29 is 17.6 Å². The van der Waals surface area contributed by atoms with E-state index in [0.29, 0.717) is 30.0 Å². The van der Waals surface area contributed by atoms with E-state index in [4.69, 9.17) is 9.68 Å². The number of nitriles is 1. The average molecular weight is 406 g/mol. The van der Waals surface area contributed by atoms with Crippen LogP contribution in [0.5, 0.6) is 0 Å². The third-order valence-electron chi connectivity index (χ3n) is 4.17. The second-order valence-corrected chi connectivity index (χ2v) is 9.89. The van der Waals surface area contributed by atoms with Crippen molar-refractivity contribution in [3.8, 4) is 6.07 Å². The highest BCUT2D eigenvalue weighted by Crippen LogP contribution is 2.26. The smallest absolute Gasteiger partial charge is 0.277 e. The molecule has 2 aromatic rings. The van der Waals surface area contributed by atoms with Gasteiger partial charge in [-0.3, -0.25) is 4.79 Å². The number of hydrogen-bond acceptors (Lipinski definition) is 8. The Kier molecular flexibility index (Phi) is 5.82. The Balaban J connectivity index is 1.53. The molecule has 0 spiro atoms. The van der Waals surface area contributed by atoms with Gasteiger partial charge in [-0.1, -0.05) is 11.8 Å². The highest BCUT2D eigenvalue weighted by Gasteiger charge is 2.29. The SMILES string of the molecule is C[C@H](Sc1nnc(C[C@@H]2CCS(=O)(=O)C2)o1)C(=O)Nc1ccc(C#N)cc1. The minimum atomic E-state index is -2.94. The summed E-state index contributed by atoms with van der Waals surface area (Å²) in [4.78, 5) is 12.3. The molecule has 1 N–H and O–H groups in total. The fraction of sp³-hybridized carbons (Fsp3) is 0.412. The molecule has 0 aliphatic carbocycles. The summed E-state index contributed by atoms with van der Waals surface area (Å²) in [6.45, 7) is 1.72. The van der Waals surface area contributed by atoms with Crippen LogP contribution in [0.15, 0.2) is 33.9 Å². The highest BCUT2D eigenvalue weighted by molar-refractivity contribution is 8.00. The summed E-state index contributed by atoms with van der Waals surface area (Å²) in [5.41, 5.74) is 1.11. The van der Waals surface area contributed by atoms with E-state index in [0.717, 1.165) is 11.8 Å². The van der Waals surface area contributed by atoms with Crippen LogP contribution in [0.2, 0.25) is 0 Å². The summed E-state index contributed by atoms with van der Waals surface area (Å²) in [5, 5.41) is 19.2. The van der Waals surface area contributed by atoms with Gasteiger partial charge in [-0.15, -0.1) is 10.2 Å². The predicted molar refractivity (Wildman–Crippen MR) is 99.9 cm³/mol. The Labute approximate surface area is 161 Å². The van der Waals surface area contributed by atoms with Crippen molar-refractivity contribution in [3.63, 3.8) is 0 Å². The van der Waals surface area contributed by atoms with Gasteiger partial charge in [0.25, 0.3) is 5.22 Å². The van der Waals surface area contributed by atoms with Crippen LogP contribution in [0.25, 0.3) is 0 Å². The van der Waals surface area contributed by atoms with Gasteiger partial charge in [0.2, 0.25) is 11.8 Å². The van der Waals surface area contributed by atoms with Crippen LogP contribution >= 0.6 is 11.8 Å². The lowest BCUT2D eigenvalue weighted by molar-refractivity contribution is -0.115. The molecule has 1 amide bonds. The molecule has 0 unspecified atom stereocenters. The van der Waals surface area contributed by atoms with Crippen LogP contribution in [0.4, 0.5) is 5.69 Å². The molecule has 1 saturated heterocycles. The third-order valence-corrected chi connectivity index (χ3v) is 6.94. The maximum Gasteiger partial charge on any atom is 0.277 e. The molecule has 27 heavy (non-hydrogen) atoms. The minimum absolute atomic E-state index is 0.00500. The number of rotatable bonds is 6. The number of nitrogens with zero attached hydrogens (tertiary/aromatic N) is 3. The molecular weight excluding hydrogens is 388 g/mol. The number of sulfone groups is 1. The zero-order chi connectivity index (χ0) is 19.4. The maximum absolute atomic E-state index is 12.3. The summed E-state index contributed by atoms with van der Waals surface area (Å²) >= 11 is 1.13. The number of benzene rings is 1. The van der Waals surface area contributed by atoms with Gasteiger partial charge in [0.05, 0.1) is 28.4 Å². The number of amides is 1. The van der Waals surface area contributed by atoms with Gasteiger partial charge in [0.1, 0.15) is 0 Å². The van der Waals surface area contributed by atoms with Gasteiger partial charge in [0.15, 0.2) is 9.84 Å². The number of aromatic nitrogens is 2. The first-order chi connectivity index (χ1) is 12.8. The Morgan fingerprint density at radius 1 is 1.41 bits per heavy atom. The number of anilines is 1. The third kappa shape index (κ3) is 5.30. The summed E-state index contributed by atoms with van der Waals surface area (Å²) in [6, 6.07) is 8.59. The van der Waals surface area contributed by atoms with Crippen molar-refractivity contribution in [2.75, 3.05) is 16.8 Å². The van der Waals surface area contributed by atoms with E-state index in [1.165, 1.54) is 0 Å². The van der Waals surface area contributed by atoms with Crippen molar-refractivity contribution in [2.24, 2.45) is 5.92 Å². The first-order valence-corrected chi connectivity index (χ1v) is 11.1. The normalized spacial score (nSPS) is 19.3. The molecule has 0 saturated carbocycles. The van der Waals surface area contributed by atoms with E-state index in [-0.39, 0.29) is 28.6 Å². The van der Waals surface area contributed by atoms with Gasteiger partial charge in [-0.05, 0) is 43.5 Å². The Morgan fingerprint density at radius 2 is 2.15 bits per heavy atom. The van der Waals surface area contributed by atoms with Gasteiger partial charge in [-0.2, -0.15) is 5.26 Å². The van der Waals surface area contributed by atoms with Crippen LogP contribution in [-0.4, -0.2) is 41.3 Å². The van der Waals surface area contributed by atoms with Crippen molar-refractivity contribution in [1.82, 2.24) is 10.2 Å². The molecule has 0 bridgehead atoms. The van der Waals surface area contributed by atoms with Gasteiger partial charge in [0, 0.05) is 12.1 Å². The van der Waals surface area contributed by atoms with E-state index in [1.54, 1.807) is 31.2 Å². The lowest BCUT2D eigenvalue weighted by Gasteiger charge is -2.09. The molecule has 10 heteroatoms. The lowest BCUT2D eigenvalue weighted by atomic mass is 10.1. The highest BCUT2D eigenvalue weighted by atomic mass is 32.2. The Morgan fingerprint density at radius 3 is 2.78 bits per heavy atom. The van der Waals surface area contributed by atoms with Crippen molar-refractivity contribution >= 4 is 33.2 Å². The molecule has 2 heterocycles. The van der Waals surface area contributed by atoms with Crippen molar-refractivity contribution in [3.05, 3.63) is 35.7 Å². The summed E-state index contributed by atoms with van der Waals surface area (Å²) in [5.74, 6) is 0.525. The van der Waals surface area contributed by atoms with E-state index >= 15 is 0 Å². The fourth-order valence-corrected chi connectivity index (χ4v) is 5.29. The Hall–Kier alpha value is -2.38. The molecule has 3 rings (SSSR count). The maximum atomic E-state index is 12.3. The number of thioether (sulfide) groups is 1. The largest absolute Gasteiger partial charge is 0.416 e. The number of carbonyl (C=O) groups excluding carboxylic acids is 1. The van der Waals surface area contributed by atoms with Crippen LogP contribution in [0.3, 0.4) is 0 Å². The van der Waals surface area contributed by atoms with E-state index < -0.39 is 15.1 Å². The lowest BCUT2D eigenvalue weighted by Crippen LogP contribution is -2.22. The van der Waals surface area contributed by atoms with Gasteiger partial charge >= 0.3 is 0 Å². The summed E-state index contributed by atoms with van der Waals surface area (Å²) in [6.07, 6.45) is 1.04. The second-order valence-electron chi connectivity index (χ2n) is 6.37. The molecule has 8 nitrogen and oxygen atoms in total. The number of nitrogens with one attached hydrogen (secondary N) is 1. The van der Waals surface area contributed by atoms with Crippen LogP contribution in [-0.2, 0) is 21.1 Å². The second kappa shape index (κ2) is 8.10. The minimum Gasteiger partial charge on any atom is -0.416 e. The molecule has 1 fully saturated rings. The number of carbonyl (C=O) groups is 1. The first kappa shape index (κ1) is 19.4. The van der Waals surface area contributed by atoms with Crippen LogP contribution in [0.1, 0.15) is 24.8 Å². The molecule has 142 valence electrons. The topological polar surface area (TPSA) is 126 Å². The first-order valence-electron chi connectivity index (χ1n) is 8.35. The van der Waals surface area contributed by atoms with Gasteiger partial charge < -0.3 is 9.73 Å². The van der Waals surface area contributed by atoms with Crippen molar-refractivity contribution in [1.29, 1.82) is 5.26 Å². The Bertz CT molecular complexity index is 964. The monoisotopic (exact) mass is 406 g/mol. The van der Waals surface area contributed by atoms with E-state index in [1.807, 2.05) is 6.07 Å². The average Bonchev–Trinajstić information content (AvgIpc) is 3.21. The zero-order valence-corrected chi connectivity index (χ0v) is 16.2. The van der Waals surface area contributed by atoms with Crippen LogP contribution < -0.4 is 5.32 Å². The van der Waals surface area contributed by atoms with E-state index in [9.17, 15) is 13.2 Å². The molecular formula is C17H18N4O4S2. The summed E-state index contributed by atoms with van der Waals surface area (Å²) < 4.78 is 28.6. The fourth-order valence-electron chi connectivity index (χ4n) is 2.72. The molecule has 2 atom stereocenters. The molecule has 1 aromatic heterocycles. The molecule has 1 aromatic carbocycles. The number of hydrogen-bond donors (Lipinski definition) is 1.